The molecule has 7 heteroatoms. The molecule has 5 nitrogen and oxygen atoms in total. The highest BCUT2D eigenvalue weighted by Gasteiger charge is 2.31. The van der Waals surface area contributed by atoms with Crippen LogP contribution in [0.1, 0.15) is 41.4 Å². The second-order valence-corrected chi connectivity index (χ2v) is 8.27. The van der Waals surface area contributed by atoms with Crippen molar-refractivity contribution >= 4 is 27.6 Å². The minimum Gasteiger partial charge on any atom is -0.492 e. The first-order valence-corrected chi connectivity index (χ1v) is 9.65. The summed E-state index contributed by atoms with van der Waals surface area (Å²) >= 11 is 3.30. The molecule has 3 aromatic rings. The van der Waals surface area contributed by atoms with Crippen LogP contribution in [0.2, 0.25) is 0 Å². The van der Waals surface area contributed by atoms with Crippen molar-refractivity contribution in [1.29, 1.82) is 0 Å². The Kier molecular flexibility index (Phi) is 3.87. The van der Waals surface area contributed by atoms with Gasteiger partial charge in [-0.25, -0.2) is 4.98 Å². The van der Waals surface area contributed by atoms with Gasteiger partial charge >= 0.3 is 0 Å². The van der Waals surface area contributed by atoms with Crippen LogP contribution in [0.15, 0.2) is 17.5 Å². The number of hydrogen-bond acceptors (Lipinski definition) is 6. The van der Waals surface area contributed by atoms with E-state index in [9.17, 15) is 5.11 Å². The summed E-state index contributed by atoms with van der Waals surface area (Å²) in [6, 6.07) is 4.35. The Labute approximate surface area is 143 Å². The maximum atomic E-state index is 10.7. The van der Waals surface area contributed by atoms with Crippen molar-refractivity contribution in [2.24, 2.45) is 5.92 Å². The number of thiazole rings is 1. The summed E-state index contributed by atoms with van der Waals surface area (Å²) in [6.07, 6.45) is 2.42. The van der Waals surface area contributed by atoms with Crippen LogP contribution in [0.25, 0.3) is 4.96 Å². The molecule has 122 valence electrons. The molecule has 0 radical (unpaired) electrons. The van der Waals surface area contributed by atoms with Crippen molar-refractivity contribution in [2.75, 3.05) is 13.1 Å². The molecule has 23 heavy (non-hydrogen) atoms. The molecule has 0 amide bonds. The van der Waals surface area contributed by atoms with E-state index in [-0.39, 0.29) is 11.9 Å². The number of thiophene rings is 1. The van der Waals surface area contributed by atoms with E-state index in [4.69, 9.17) is 0 Å². The lowest BCUT2D eigenvalue weighted by Crippen LogP contribution is -2.36. The van der Waals surface area contributed by atoms with Gasteiger partial charge in [-0.1, -0.05) is 24.3 Å². The first-order valence-electron chi connectivity index (χ1n) is 7.96. The average Bonchev–Trinajstić information content (AvgIpc) is 3.22. The third kappa shape index (κ3) is 2.66. The van der Waals surface area contributed by atoms with Gasteiger partial charge in [0, 0.05) is 4.88 Å². The molecular formula is C16H20N4OS2. The first-order chi connectivity index (χ1) is 11.1. The molecule has 4 rings (SSSR count). The number of aromatic hydroxyl groups is 1. The summed E-state index contributed by atoms with van der Waals surface area (Å²) in [5.74, 6) is 1.72. The number of likely N-dealkylation sites (tertiary alicyclic amines) is 1. The lowest BCUT2D eigenvalue weighted by atomic mass is 9.97. The predicted octanol–water partition coefficient (Wildman–Crippen LogP) is 3.69. The van der Waals surface area contributed by atoms with Crippen molar-refractivity contribution in [1.82, 2.24) is 19.5 Å². The molecule has 4 heterocycles. The van der Waals surface area contributed by atoms with Gasteiger partial charge in [0.05, 0.1) is 10.9 Å². The van der Waals surface area contributed by atoms with E-state index in [1.54, 1.807) is 27.2 Å². The van der Waals surface area contributed by atoms with E-state index in [0.717, 1.165) is 28.8 Å². The number of hydrogen-bond donors (Lipinski definition) is 1. The van der Waals surface area contributed by atoms with Gasteiger partial charge in [0.1, 0.15) is 5.82 Å². The standard InChI is InChI=1S/C16H20N4OS2/c1-10-5-7-19(8-6-10)13(12-4-3-9-22-12)14-15(21)20-16(23-14)17-11(2)18-20/h3-4,9-10,13,21H,5-8H2,1-2H3/t13-/m0/s1. The number of fused-ring (bicyclic) bond motifs is 1. The summed E-state index contributed by atoms with van der Waals surface area (Å²) in [5, 5.41) is 17.1. The van der Waals surface area contributed by atoms with Crippen molar-refractivity contribution in [3.05, 3.63) is 33.1 Å². The fourth-order valence-electron chi connectivity index (χ4n) is 3.23. The molecule has 3 aromatic heterocycles. The maximum absolute atomic E-state index is 10.7. The molecule has 0 aromatic carbocycles. The Balaban J connectivity index is 1.77. The van der Waals surface area contributed by atoms with Crippen LogP contribution in [-0.2, 0) is 0 Å². The Hall–Kier alpha value is -1.44. The molecule has 0 unspecified atom stereocenters. The van der Waals surface area contributed by atoms with Gasteiger partial charge in [-0.15, -0.1) is 16.4 Å². The van der Waals surface area contributed by atoms with Gasteiger partial charge in [0.15, 0.2) is 0 Å². The van der Waals surface area contributed by atoms with Crippen LogP contribution < -0.4 is 0 Å². The van der Waals surface area contributed by atoms with Gasteiger partial charge in [-0.2, -0.15) is 4.52 Å². The largest absolute Gasteiger partial charge is 0.492 e. The van der Waals surface area contributed by atoms with Crippen LogP contribution in [-0.4, -0.2) is 37.7 Å². The zero-order chi connectivity index (χ0) is 16.0. The summed E-state index contributed by atoms with van der Waals surface area (Å²) in [6.45, 7) is 6.30. The van der Waals surface area contributed by atoms with E-state index < -0.39 is 0 Å². The molecule has 0 spiro atoms. The molecule has 1 N–H and O–H groups in total. The topological polar surface area (TPSA) is 53.7 Å². The molecular weight excluding hydrogens is 328 g/mol. The number of rotatable bonds is 3. The van der Waals surface area contributed by atoms with Crippen molar-refractivity contribution in [3.8, 4) is 5.88 Å². The van der Waals surface area contributed by atoms with Crippen LogP contribution in [0, 0.1) is 12.8 Å². The van der Waals surface area contributed by atoms with Gasteiger partial charge in [0.2, 0.25) is 10.8 Å². The molecule has 1 atom stereocenters. The molecule has 0 bridgehead atoms. The van der Waals surface area contributed by atoms with Gasteiger partial charge in [-0.05, 0) is 50.2 Å². The number of piperidine rings is 1. The second-order valence-electron chi connectivity index (χ2n) is 6.28. The number of nitrogens with zero attached hydrogens (tertiary/aromatic N) is 4. The summed E-state index contributed by atoms with van der Waals surface area (Å²) in [4.78, 5) is 9.90. The Bertz CT molecular complexity index is 800. The summed E-state index contributed by atoms with van der Waals surface area (Å²) in [7, 11) is 0. The van der Waals surface area contributed by atoms with Crippen molar-refractivity contribution in [2.45, 2.75) is 32.7 Å². The number of aromatic nitrogens is 3. The summed E-state index contributed by atoms with van der Waals surface area (Å²) < 4.78 is 1.57. The van der Waals surface area contributed by atoms with Gasteiger partial charge < -0.3 is 5.11 Å². The Morgan fingerprint density at radius 3 is 2.78 bits per heavy atom. The minimum absolute atomic E-state index is 0.108. The normalized spacial score (nSPS) is 18.7. The van der Waals surface area contributed by atoms with E-state index in [1.165, 1.54) is 17.7 Å². The maximum Gasteiger partial charge on any atom is 0.230 e. The molecule has 1 aliphatic rings. The van der Waals surface area contributed by atoms with E-state index in [0.29, 0.717) is 5.82 Å². The summed E-state index contributed by atoms with van der Waals surface area (Å²) in [5.41, 5.74) is 0. The third-order valence-electron chi connectivity index (χ3n) is 4.55. The van der Waals surface area contributed by atoms with E-state index in [2.05, 4.69) is 39.4 Å². The molecule has 0 saturated carbocycles. The van der Waals surface area contributed by atoms with Crippen molar-refractivity contribution < 1.29 is 5.11 Å². The fraction of sp³-hybridized carbons (Fsp3) is 0.500. The van der Waals surface area contributed by atoms with Crippen LogP contribution >= 0.6 is 22.7 Å². The van der Waals surface area contributed by atoms with E-state index in [1.807, 2.05) is 6.92 Å². The van der Waals surface area contributed by atoms with Gasteiger partial charge in [0.25, 0.3) is 0 Å². The smallest absolute Gasteiger partial charge is 0.230 e. The third-order valence-corrected chi connectivity index (χ3v) is 6.55. The van der Waals surface area contributed by atoms with Crippen LogP contribution in [0.4, 0.5) is 0 Å². The minimum atomic E-state index is 0.108. The van der Waals surface area contributed by atoms with Crippen LogP contribution in [0.5, 0.6) is 5.88 Å². The zero-order valence-electron chi connectivity index (χ0n) is 13.3. The molecule has 1 aliphatic heterocycles. The lowest BCUT2D eigenvalue weighted by molar-refractivity contribution is 0.159. The monoisotopic (exact) mass is 348 g/mol. The highest BCUT2D eigenvalue weighted by molar-refractivity contribution is 7.17. The molecule has 1 saturated heterocycles. The SMILES string of the molecule is Cc1nc2sc([C@H](c3cccs3)N3CCC(C)CC3)c(O)n2n1. The highest BCUT2D eigenvalue weighted by Crippen LogP contribution is 2.42. The predicted molar refractivity (Wildman–Crippen MR) is 93.4 cm³/mol. The molecule has 1 fully saturated rings. The molecule has 0 aliphatic carbocycles. The van der Waals surface area contributed by atoms with Crippen LogP contribution in [0.3, 0.4) is 0 Å². The number of aryl methyl sites for hydroxylation is 1. The first kappa shape index (κ1) is 15.1. The fourth-order valence-corrected chi connectivity index (χ4v) is 5.33. The highest BCUT2D eigenvalue weighted by atomic mass is 32.1. The Morgan fingerprint density at radius 2 is 2.13 bits per heavy atom. The average molecular weight is 348 g/mol. The zero-order valence-corrected chi connectivity index (χ0v) is 14.9. The van der Waals surface area contributed by atoms with Gasteiger partial charge in [-0.3, -0.25) is 4.90 Å². The quantitative estimate of drug-likeness (QED) is 0.784. The van der Waals surface area contributed by atoms with E-state index >= 15 is 0 Å². The Morgan fingerprint density at radius 1 is 1.35 bits per heavy atom. The van der Waals surface area contributed by atoms with Crippen molar-refractivity contribution in [3.63, 3.8) is 0 Å². The second kappa shape index (κ2) is 5.89. The lowest BCUT2D eigenvalue weighted by Gasteiger charge is -2.35.